The van der Waals surface area contributed by atoms with E-state index in [4.69, 9.17) is 27.6 Å². The number of rotatable bonds is 2. The largest absolute Gasteiger partial charge is 0.402 e. The van der Waals surface area contributed by atoms with Crippen LogP contribution in [0.4, 0.5) is 6.01 Å². The minimum absolute atomic E-state index is 0.153. The number of amides is 2. The van der Waals surface area contributed by atoms with Crippen molar-refractivity contribution in [2.24, 2.45) is 0 Å². The Hall–Kier alpha value is -1.49. The molecule has 1 aliphatic heterocycles. The van der Waals surface area contributed by atoms with Crippen molar-refractivity contribution in [2.45, 2.75) is 0 Å². The molecule has 3 aromatic rings. The number of aromatic nitrogens is 2. The fraction of sp³-hybridized carbons (Fsp3) is 0. The Balaban J connectivity index is 1.75. The lowest BCUT2D eigenvalue weighted by Gasteiger charge is -2.06. The lowest BCUT2D eigenvalue weighted by Crippen LogP contribution is -2.29. The van der Waals surface area contributed by atoms with Gasteiger partial charge in [-0.25, -0.2) is 0 Å². The maximum absolute atomic E-state index is 12.5. The molecule has 2 aromatic heterocycles. The molecule has 0 N–H and O–H groups in total. The second kappa shape index (κ2) is 5.80. The first-order valence-corrected chi connectivity index (χ1v) is 9.08. The molecule has 0 fully saturated rings. The van der Waals surface area contributed by atoms with Gasteiger partial charge in [0, 0.05) is 0 Å². The number of nitrogens with zero attached hydrogens (tertiary/aromatic N) is 3. The van der Waals surface area contributed by atoms with Crippen molar-refractivity contribution in [2.75, 3.05) is 4.90 Å². The Morgan fingerprint density at radius 2 is 1.67 bits per heavy atom. The van der Waals surface area contributed by atoms with E-state index in [1.54, 1.807) is 0 Å². The van der Waals surface area contributed by atoms with Crippen LogP contribution >= 0.6 is 57.1 Å². The summed E-state index contributed by atoms with van der Waals surface area (Å²) in [5.74, 6) is -0.917. The van der Waals surface area contributed by atoms with Crippen molar-refractivity contribution in [3.63, 3.8) is 0 Å². The number of hydrogen-bond acceptors (Lipinski definition) is 6. The van der Waals surface area contributed by atoms with Crippen molar-refractivity contribution in [3.8, 4) is 10.8 Å². The van der Waals surface area contributed by atoms with E-state index in [-0.39, 0.29) is 33.1 Å². The van der Waals surface area contributed by atoms with Gasteiger partial charge in [-0.1, -0.05) is 28.3 Å². The molecular weight excluding hydrogens is 488 g/mol. The third-order valence-electron chi connectivity index (χ3n) is 3.32. The minimum atomic E-state index is -0.579. The third kappa shape index (κ3) is 2.44. The van der Waals surface area contributed by atoms with Gasteiger partial charge in [-0.15, -0.1) is 16.4 Å². The molecule has 3 heterocycles. The molecule has 0 bridgehead atoms. The van der Waals surface area contributed by atoms with Crippen LogP contribution in [0.15, 0.2) is 28.7 Å². The molecule has 0 saturated heterocycles. The second-order valence-electron chi connectivity index (χ2n) is 4.75. The van der Waals surface area contributed by atoms with Gasteiger partial charge in [-0.05, 0) is 46.9 Å². The molecule has 0 atom stereocenters. The van der Waals surface area contributed by atoms with Crippen LogP contribution in [0.1, 0.15) is 20.7 Å². The number of imide groups is 1. The van der Waals surface area contributed by atoms with Crippen molar-refractivity contribution in [3.05, 3.63) is 48.3 Å². The van der Waals surface area contributed by atoms with E-state index in [1.165, 1.54) is 23.5 Å². The Bertz CT molecular complexity index is 976. The van der Waals surface area contributed by atoms with Crippen molar-refractivity contribution >= 4 is 75.0 Å². The second-order valence-corrected chi connectivity index (χ2v) is 8.54. The zero-order valence-electron chi connectivity index (χ0n) is 11.4. The van der Waals surface area contributed by atoms with Crippen LogP contribution in [0.25, 0.3) is 10.8 Å². The van der Waals surface area contributed by atoms with Crippen LogP contribution < -0.4 is 4.90 Å². The molecular formula is C14H4Cl2IN3O3S. The molecule has 6 nitrogen and oxygen atoms in total. The minimum Gasteiger partial charge on any atom is -0.402 e. The molecule has 24 heavy (non-hydrogen) atoms. The van der Waals surface area contributed by atoms with Gasteiger partial charge in [0.1, 0.15) is 0 Å². The molecule has 0 saturated carbocycles. The van der Waals surface area contributed by atoms with Crippen molar-refractivity contribution in [1.82, 2.24) is 10.2 Å². The summed E-state index contributed by atoms with van der Waals surface area (Å²) >= 11 is 15.5. The highest BCUT2D eigenvalue weighted by molar-refractivity contribution is 14.1. The molecule has 0 aliphatic carbocycles. The first-order valence-electron chi connectivity index (χ1n) is 6.43. The number of benzene rings is 1. The molecule has 1 aliphatic rings. The Morgan fingerprint density at radius 3 is 2.21 bits per heavy atom. The lowest BCUT2D eigenvalue weighted by atomic mass is 10.1. The van der Waals surface area contributed by atoms with Gasteiger partial charge >= 0.3 is 6.01 Å². The van der Waals surface area contributed by atoms with Gasteiger partial charge in [0.25, 0.3) is 17.7 Å². The molecule has 0 unspecified atom stereocenters. The number of fused-ring (bicyclic) bond motifs is 1. The van der Waals surface area contributed by atoms with Crippen LogP contribution in [-0.4, -0.2) is 22.0 Å². The van der Waals surface area contributed by atoms with Crippen LogP contribution in [0.3, 0.4) is 0 Å². The highest BCUT2D eigenvalue weighted by Crippen LogP contribution is 2.35. The fourth-order valence-corrected chi connectivity index (χ4v) is 4.11. The fourth-order valence-electron chi connectivity index (χ4n) is 2.24. The molecule has 120 valence electrons. The maximum Gasteiger partial charge on any atom is 0.333 e. The number of carbonyl (C=O) groups is 2. The number of halogens is 3. The van der Waals surface area contributed by atoms with E-state index >= 15 is 0 Å². The molecule has 0 spiro atoms. The van der Waals surface area contributed by atoms with Crippen LogP contribution in [0.2, 0.25) is 10.0 Å². The van der Waals surface area contributed by atoms with E-state index in [0.29, 0.717) is 0 Å². The van der Waals surface area contributed by atoms with Gasteiger partial charge in [0.2, 0.25) is 0 Å². The number of carbonyl (C=O) groups excluding carboxylic acids is 2. The van der Waals surface area contributed by atoms with E-state index in [9.17, 15) is 9.59 Å². The lowest BCUT2D eigenvalue weighted by molar-refractivity contribution is 0.0919. The Kier molecular flexibility index (Phi) is 3.87. The zero-order chi connectivity index (χ0) is 17.0. The summed E-state index contributed by atoms with van der Waals surface area (Å²) in [5, 5.41) is 8.11. The molecule has 0 radical (unpaired) electrons. The predicted molar refractivity (Wildman–Crippen MR) is 97.9 cm³/mol. The van der Waals surface area contributed by atoms with Gasteiger partial charge in [-0.2, -0.15) is 4.90 Å². The van der Waals surface area contributed by atoms with E-state index in [0.717, 1.165) is 12.7 Å². The molecule has 4 rings (SSSR count). The summed E-state index contributed by atoms with van der Waals surface area (Å²) in [6, 6.07) is 6.26. The Morgan fingerprint density at radius 1 is 1.04 bits per heavy atom. The standard InChI is InChI=1S/C14H4Cl2IN3O3S/c15-7-3-5-6(4-8(7)16)13(22)20(12(5)21)14-19-18-11(23-14)9-1-2-10(17)24-9/h1-4H. The first kappa shape index (κ1) is 16.0. The number of anilines is 1. The monoisotopic (exact) mass is 491 g/mol. The zero-order valence-corrected chi connectivity index (χ0v) is 15.9. The van der Waals surface area contributed by atoms with Gasteiger partial charge in [-0.3, -0.25) is 9.59 Å². The number of hydrogen-bond donors (Lipinski definition) is 0. The highest BCUT2D eigenvalue weighted by atomic mass is 127. The van der Waals surface area contributed by atoms with E-state index < -0.39 is 11.8 Å². The van der Waals surface area contributed by atoms with Crippen LogP contribution in [-0.2, 0) is 0 Å². The quantitative estimate of drug-likeness (QED) is 0.389. The van der Waals surface area contributed by atoms with Crippen LogP contribution in [0, 0.1) is 2.88 Å². The van der Waals surface area contributed by atoms with E-state index in [2.05, 4.69) is 32.8 Å². The maximum atomic E-state index is 12.5. The summed E-state index contributed by atoms with van der Waals surface area (Å²) in [7, 11) is 0. The highest BCUT2D eigenvalue weighted by Gasteiger charge is 2.40. The smallest absolute Gasteiger partial charge is 0.333 e. The first-order chi connectivity index (χ1) is 11.5. The van der Waals surface area contributed by atoms with Crippen molar-refractivity contribution < 1.29 is 14.0 Å². The van der Waals surface area contributed by atoms with Gasteiger partial charge in [0.05, 0.1) is 28.9 Å². The average molecular weight is 492 g/mol. The summed E-state index contributed by atoms with van der Waals surface area (Å²) in [5.41, 5.74) is 0.305. The third-order valence-corrected chi connectivity index (χ3v) is 5.92. The topological polar surface area (TPSA) is 76.3 Å². The Labute approximate surface area is 162 Å². The van der Waals surface area contributed by atoms with Gasteiger partial charge in [0.15, 0.2) is 0 Å². The van der Waals surface area contributed by atoms with Gasteiger partial charge < -0.3 is 4.42 Å². The SMILES string of the molecule is O=C1c2cc(Cl)c(Cl)cc2C(=O)N1c1nnc(-c2ccc(I)s2)o1. The summed E-state index contributed by atoms with van der Waals surface area (Å²) < 4.78 is 6.55. The molecule has 2 amide bonds. The predicted octanol–water partition coefficient (Wildman–Crippen LogP) is 4.51. The van der Waals surface area contributed by atoms with Crippen molar-refractivity contribution in [1.29, 1.82) is 0 Å². The number of thiophene rings is 1. The molecule has 1 aromatic carbocycles. The summed E-state index contributed by atoms with van der Waals surface area (Å²) in [6.45, 7) is 0. The normalized spacial score (nSPS) is 13.7. The summed E-state index contributed by atoms with van der Waals surface area (Å²) in [4.78, 5) is 26.6. The molecule has 10 heteroatoms. The van der Waals surface area contributed by atoms with Crippen LogP contribution in [0.5, 0.6) is 0 Å². The van der Waals surface area contributed by atoms with E-state index in [1.807, 2.05) is 12.1 Å². The summed E-state index contributed by atoms with van der Waals surface area (Å²) in [6.07, 6.45) is 0. The average Bonchev–Trinajstić information content (AvgIpc) is 3.22.